The molecule has 0 aliphatic carbocycles. The number of nitrogens with zero attached hydrogens (tertiary/aromatic N) is 4. The van der Waals surface area contributed by atoms with Gasteiger partial charge in [-0.05, 0) is 50.6 Å². The van der Waals surface area contributed by atoms with Gasteiger partial charge in [0.1, 0.15) is 0 Å². The van der Waals surface area contributed by atoms with E-state index in [2.05, 4.69) is 33.4 Å². The average Bonchev–Trinajstić information content (AvgIpc) is 3.16. The molecule has 0 radical (unpaired) electrons. The van der Waals surface area contributed by atoms with Crippen molar-refractivity contribution in [2.75, 3.05) is 72.1 Å². The molecule has 146 valence electrons. The number of aliphatic hydroxyl groups is 1. The summed E-state index contributed by atoms with van der Waals surface area (Å²) in [6.07, 6.45) is 4.86. The van der Waals surface area contributed by atoms with E-state index >= 15 is 0 Å². The van der Waals surface area contributed by atoms with Crippen LogP contribution in [0.15, 0.2) is 0 Å². The second-order valence-corrected chi connectivity index (χ2v) is 9.03. The van der Waals surface area contributed by atoms with Crippen molar-refractivity contribution in [3.05, 3.63) is 0 Å². The smallest absolute Gasteiger partial charge is 0.0679 e. The summed E-state index contributed by atoms with van der Waals surface area (Å²) in [4.78, 5) is 10.4. The number of piperidine rings is 1. The number of rotatable bonds is 8. The highest BCUT2D eigenvalue weighted by atomic mass is 16.3. The second-order valence-electron chi connectivity index (χ2n) is 9.03. The zero-order chi connectivity index (χ0) is 17.6. The van der Waals surface area contributed by atoms with Gasteiger partial charge in [0.25, 0.3) is 0 Å². The Bertz CT molecular complexity index is 384. The third-order valence-corrected chi connectivity index (χ3v) is 6.22. The predicted molar refractivity (Wildman–Crippen MR) is 104 cm³/mol. The largest absolute Gasteiger partial charge is 0.392 e. The van der Waals surface area contributed by atoms with E-state index in [0.29, 0.717) is 0 Å². The molecule has 3 aliphatic heterocycles. The molecule has 0 aromatic carbocycles. The highest BCUT2D eigenvalue weighted by molar-refractivity contribution is 4.77. The van der Waals surface area contributed by atoms with Crippen LogP contribution in [0, 0.1) is 11.8 Å². The Kier molecular flexibility index (Phi) is 7.55. The minimum Gasteiger partial charge on any atom is -0.392 e. The summed E-state index contributed by atoms with van der Waals surface area (Å²) in [5.74, 6) is 1.76. The molecule has 3 saturated heterocycles. The Hall–Kier alpha value is -0.200. The number of likely N-dealkylation sites (tertiary alicyclic amines) is 2. The Morgan fingerprint density at radius 1 is 0.720 bits per heavy atom. The number of hydrogen-bond donors (Lipinski definition) is 1. The third kappa shape index (κ3) is 6.47. The zero-order valence-electron chi connectivity index (χ0n) is 16.6. The van der Waals surface area contributed by atoms with E-state index in [4.69, 9.17) is 0 Å². The normalized spacial score (nSPS) is 33.5. The maximum atomic E-state index is 9.59. The fourth-order valence-corrected chi connectivity index (χ4v) is 5.10. The monoisotopic (exact) mass is 352 g/mol. The molecule has 3 fully saturated rings. The lowest BCUT2D eigenvalue weighted by molar-refractivity contribution is 0.133. The van der Waals surface area contributed by atoms with E-state index in [1.54, 1.807) is 0 Å². The third-order valence-electron chi connectivity index (χ3n) is 6.22. The van der Waals surface area contributed by atoms with E-state index in [0.717, 1.165) is 44.6 Å². The van der Waals surface area contributed by atoms with Gasteiger partial charge in [-0.1, -0.05) is 13.8 Å². The van der Waals surface area contributed by atoms with Gasteiger partial charge in [-0.3, -0.25) is 9.80 Å². The molecule has 1 N–H and O–H groups in total. The lowest BCUT2D eigenvalue weighted by Gasteiger charge is -2.35. The van der Waals surface area contributed by atoms with Gasteiger partial charge in [0.15, 0.2) is 0 Å². The Labute approximate surface area is 154 Å². The molecule has 0 aromatic rings. The van der Waals surface area contributed by atoms with Crippen molar-refractivity contribution in [1.82, 2.24) is 19.6 Å². The summed E-state index contributed by atoms with van der Waals surface area (Å²) in [6, 6.07) is 0. The first kappa shape index (κ1) is 19.6. The van der Waals surface area contributed by atoms with Crippen LogP contribution < -0.4 is 0 Å². The fourth-order valence-electron chi connectivity index (χ4n) is 5.10. The molecule has 0 aromatic heterocycles. The number of hydrogen-bond acceptors (Lipinski definition) is 5. The van der Waals surface area contributed by atoms with E-state index in [-0.39, 0.29) is 6.10 Å². The topological polar surface area (TPSA) is 33.2 Å². The van der Waals surface area contributed by atoms with Gasteiger partial charge >= 0.3 is 0 Å². The van der Waals surface area contributed by atoms with Gasteiger partial charge in [0.2, 0.25) is 0 Å². The molecule has 3 unspecified atom stereocenters. The summed E-state index contributed by atoms with van der Waals surface area (Å²) in [7, 11) is 0. The van der Waals surface area contributed by atoms with Crippen LogP contribution in [-0.4, -0.2) is 103 Å². The Balaban J connectivity index is 1.23. The molecule has 25 heavy (non-hydrogen) atoms. The molecule has 0 spiro atoms. The van der Waals surface area contributed by atoms with E-state index in [1.807, 2.05) is 0 Å². The summed E-state index contributed by atoms with van der Waals surface area (Å²) >= 11 is 0. The average molecular weight is 353 g/mol. The van der Waals surface area contributed by atoms with Crippen LogP contribution in [0.5, 0.6) is 0 Å². The number of aliphatic hydroxyl groups excluding tert-OH is 1. The van der Waals surface area contributed by atoms with Crippen molar-refractivity contribution < 1.29 is 5.11 Å². The molecule has 0 amide bonds. The van der Waals surface area contributed by atoms with Gasteiger partial charge in [0.05, 0.1) is 12.8 Å². The molecule has 0 saturated carbocycles. The first-order valence-electron chi connectivity index (χ1n) is 10.7. The molecular weight excluding hydrogens is 312 g/mol. The van der Waals surface area contributed by atoms with Crippen LogP contribution in [0.25, 0.3) is 0 Å². The zero-order valence-corrected chi connectivity index (χ0v) is 16.6. The highest BCUT2D eigenvalue weighted by Crippen LogP contribution is 2.21. The number of β-amino-alcohol motifs (C(OH)–C–C–N with tert-alkyl or cyclic N) is 1. The molecule has 3 atom stereocenters. The van der Waals surface area contributed by atoms with Crippen LogP contribution in [-0.2, 0) is 0 Å². The molecule has 5 nitrogen and oxygen atoms in total. The first-order valence-corrected chi connectivity index (χ1v) is 10.7. The van der Waals surface area contributed by atoms with Gasteiger partial charge in [-0.25, -0.2) is 0 Å². The van der Waals surface area contributed by atoms with E-state index in [1.165, 1.54) is 65.1 Å². The Morgan fingerprint density at radius 2 is 1.28 bits per heavy atom. The molecule has 3 aliphatic rings. The van der Waals surface area contributed by atoms with Crippen molar-refractivity contribution in [2.24, 2.45) is 11.8 Å². The second kappa shape index (κ2) is 9.65. The summed E-state index contributed by atoms with van der Waals surface area (Å²) in [5, 5.41) is 9.59. The van der Waals surface area contributed by atoms with Gasteiger partial charge < -0.3 is 14.9 Å². The lowest BCUT2D eigenvalue weighted by Crippen LogP contribution is -2.40. The molecule has 0 bridgehead atoms. The van der Waals surface area contributed by atoms with Gasteiger partial charge in [-0.15, -0.1) is 0 Å². The maximum Gasteiger partial charge on any atom is 0.0679 e. The summed E-state index contributed by atoms with van der Waals surface area (Å²) in [6.45, 7) is 17.9. The maximum absolute atomic E-state index is 9.59. The standard InChI is InChI=1S/C20H40N4O/c1-18-13-19(2)15-24(14-18)9-4-8-23-12-11-22(17-23)7-3-6-21-10-5-20(25)16-21/h18-20,25H,3-17H2,1-2H3. The lowest BCUT2D eigenvalue weighted by atomic mass is 9.92. The molecule has 5 heteroatoms. The van der Waals surface area contributed by atoms with E-state index in [9.17, 15) is 5.11 Å². The highest BCUT2D eigenvalue weighted by Gasteiger charge is 2.23. The predicted octanol–water partition coefficient (Wildman–Crippen LogP) is 1.39. The Morgan fingerprint density at radius 3 is 1.84 bits per heavy atom. The minimum atomic E-state index is -0.0758. The fraction of sp³-hybridized carbons (Fsp3) is 1.00. The molecule has 3 heterocycles. The van der Waals surface area contributed by atoms with E-state index < -0.39 is 0 Å². The summed E-state index contributed by atoms with van der Waals surface area (Å²) in [5.41, 5.74) is 0. The van der Waals surface area contributed by atoms with Crippen LogP contribution in [0.1, 0.15) is 39.5 Å². The van der Waals surface area contributed by atoms with Crippen LogP contribution in [0.3, 0.4) is 0 Å². The van der Waals surface area contributed by atoms with Crippen LogP contribution in [0.2, 0.25) is 0 Å². The molecule has 3 rings (SSSR count). The van der Waals surface area contributed by atoms with Gasteiger partial charge in [0, 0.05) is 52.4 Å². The van der Waals surface area contributed by atoms with Crippen molar-refractivity contribution in [3.8, 4) is 0 Å². The van der Waals surface area contributed by atoms with Gasteiger partial charge in [-0.2, -0.15) is 0 Å². The minimum absolute atomic E-state index is 0.0758. The van der Waals surface area contributed by atoms with Crippen LogP contribution >= 0.6 is 0 Å². The summed E-state index contributed by atoms with van der Waals surface area (Å²) < 4.78 is 0. The van der Waals surface area contributed by atoms with Crippen LogP contribution in [0.4, 0.5) is 0 Å². The SMILES string of the molecule is CC1CC(C)CN(CCCN2CCN(CCCN3CCC(O)C3)C2)C1. The quantitative estimate of drug-likeness (QED) is 0.714. The van der Waals surface area contributed by atoms with Crippen molar-refractivity contribution in [3.63, 3.8) is 0 Å². The van der Waals surface area contributed by atoms with Crippen molar-refractivity contribution >= 4 is 0 Å². The van der Waals surface area contributed by atoms with Crippen molar-refractivity contribution in [1.29, 1.82) is 0 Å². The molecular formula is C20H40N4O. The first-order chi connectivity index (χ1) is 12.1. The van der Waals surface area contributed by atoms with Crippen molar-refractivity contribution in [2.45, 2.75) is 45.6 Å².